The summed E-state index contributed by atoms with van der Waals surface area (Å²) in [5.41, 5.74) is 1.29. The third kappa shape index (κ3) is 4.27. The number of nitrogens with one attached hydrogen (secondary N) is 2. The molecule has 1 heterocycles. The van der Waals surface area contributed by atoms with Crippen molar-refractivity contribution in [1.29, 1.82) is 0 Å². The first-order chi connectivity index (χ1) is 9.14. The highest BCUT2D eigenvalue weighted by molar-refractivity contribution is 7.89. The summed E-state index contributed by atoms with van der Waals surface area (Å²) in [6.07, 6.45) is 3.84. The van der Waals surface area contributed by atoms with E-state index in [-0.39, 0.29) is 12.6 Å². The lowest BCUT2D eigenvalue weighted by Gasteiger charge is -2.21. The summed E-state index contributed by atoms with van der Waals surface area (Å²) >= 11 is 0. The Hall–Kier alpha value is -0.970. The smallest absolute Gasteiger partial charge is 0.209 e. The topological polar surface area (TPSA) is 118 Å². The standard InChI is InChI=1S/C10H17N3O5S2/c1-19(14,15)11-6-9-8-5-7(13-20(2,16)17)3-4-10(8)18-12-9/h7,11,13H,3-6H2,1-2H3. The van der Waals surface area contributed by atoms with Gasteiger partial charge in [-0.3, -0.25) is 0 Å². The molecule has 0 saturated carbocycles. The predicted molar refractivity (Wildman–Crippen MR) is 72.0 cm³/mol. The summed E-state index contributed by atoms with van der Waals surface area (Å²) in [5, 5.41) is 3.85. The number of aryl methyl sites for hydroxylation is 1. The largest absolute Gasteiger partial charge is 0.361 e. The highest BCUT2D eigenvalue weighted by Gasteiger charge is 2.27. The summed E-state index contributed by atoms with van der Waals surface area (Å²) in [6, 6.07) is -0.214. The lowest BCUT2D eigenvalue weighted by molar-refractivity contribution is 0.359. The highest BCUT2D eigenvalue weighted by Crippen LogP contribution is 2.25. The monoisotopic (exact) mass is 323 g/mol. The molecule has 8 nitrogen and oxygen atoms in total. The molecular weight excluding hydrogens is 306 g/mol. The number of hydrogen-bond acceptors (Lipinski definition) is 6. The molecule has 0 amide bonds. The van der Waals surface area contributed by atoms with Crippen LogP contribution in [0.3, 0.4) is 0 Å². The zero-order chi connectivity index (χ0) is 15.0. The van der Waals surface area contributed by atoms with E-state index < -0.39 is 20.0 Å². The van der Waals surface area contributed by atoms with E-state index in [0.29, 0.717) is 30.7 Å². The number of hydrogen-bond donors (Lipinski definition) is 2. The normalized spacial score (nSPS) is 19.8. The van der Waals surface area contributed by atoms with Gasteiger partial charge in [0.25, 0.3) is 0 Å². The zero-order valence-electron chi connectivity index (χ0n) is 11.2. The fraction of sp³-hybridized carbons (Fsp3) is 0.700. The Morgan fingerprint density at radius 3 is 2.55 bits per heavy atom. The fourth-order valence-electron chi connectivity index (χ4n) is 2.21. The van der Waals surface area contributed by atoms with E-state index in [4.69, 9.17) is 4.52 Å². The molecule has 1 atom stereocenters. The van der Waals surface area contributed by atoms with Gasteiger partial charge < -0.3 is 4.52 Å². The van der Waals surface area contributed by atoms with Crippen LogP contribution in [0.1, 0.15) is 23.4 Å². The average molecular weight is 323 g/mol. The van der Waals surface area contributed by atoms with Crippen molar-refractivity contribution in [2.45, 2.75) is 31.8 Å². The summed E-state index contributed by atoms with van der Waals surface area (Å²) < 4.78 is 54.7. The van der Waals surface area contributed by atoms with Crippen molar-refractivity contribution >= 4 is 20.0 Å². The van der Waals surface area contributed by atoms with Crippen molar-refractivity contribution in [2.75, 3.05) is 12.5 Å². The first kappa shape index (κ1) is 15.4. The van der Waals surface area contributed by atoms with Crippen LogP contribution in [-0.4, -0.2) is 40.5 Å². The minimum absolute atomic E-state index is 0.0449. The SMILES string of the molecule is CS(=O)(=O)NCc1noc2c1CC(NS(C)(=O)=O)CC2. The van der Waals surface area contributed by atoms with Crippen molar-refractivity contribution in [3.05, 3.63) is 17.0 Å². The van der Waals surface area contributed by atoms with Crippen LogP contribution >= 0.6 is 0 Å². The van der Waals surface area contributed by atoms with Gasteiger partial charge >= 0.3 is 0 Å². The van der Waals surface area contributed by atoms with Crippen molar-refractivity contribution in [1.82, 2.24) is 14.6 Å². The zero-order valence-corrected chi connectivity index (χ0v) is 12.8. The van der Waals surface area contributed by atoms with E-state index in [1.807, 2.05) is 0 Å². The Kier molecular flexibility index (Phi) is 4.19. The average Bonchev–Trinajstić information content (AvgIpc) is 2.65. The molecule has 0 bridgehead atoms. The van der Waals surface area contributed by atoms with Crippen LogP contribution in [0.2, 0.25) is 0 Å². The summed E-state index contributed by atoms with van der Waals surface area (Å²) in [6.45, 7) is 0.0449. The van der Waals surface area contributed by atoms with Crippen molar-refractivity contribution in [3.63, 3.8) is 0 Å². The van der Waals surface area contributed by atoms with E-state index in [2.05, 4.69) is 14.6 Å². The van der Waals surface area contributed by atoms with Crippen molar-refractivity contribution in [2.24, 2.45) is 0 Å². The molecule has 10 heteroatoms. The summed E-state index contributed by atoms with van der Waals surface area (Å²) in [4.78, 5) is 0. The Labute approximate surface area is 118 Å². The van der Waals surface area contributed by atoms with E-state index in [9.17, 15) is 16.8 Å². The summed E-state index contributed by atoms with van der Waals surface area (Å²) in [5.74, 6) is 0.696. The Balaban J connectivity index is 2.12. The second-order valence-electron chi connectivity index (χ2n) is 4.95. The summed E-state index contributed by atoms with van der Waals surface area (Å²) in [7, 11) is -6.58. The van der Waals surface area contributed by atoms with Gasteiger partial charge in [0.1, 0.15) is 11.5 Å². The van der Waals surface area contributed by atoms with Gasteiger partial charge in [-0.25, -0.2) is 26.3 Å². The maximum atomic E-state index is 11.3. The van der Waals surface area contributed by atoms with E-state index in [1.54, 1.807) is 0 Å². The Morgan fingerprint density at radius 2 is 1.95 bits per heavy atom. The molecule has 0 aromatic carbocycles. The number of fused-ring (bicyclic) bond motifs is 1. The minimum atomic E-state index is -3.31. The predicted octanol–water partition coefficient (Wildman–Crippen LogP) is -0.870. The van der Waals surface area contributed by atoms with Crippen LogP contribution in [-0.2, 0) is 39.4 Å². The molecule has 2 rings (SSSR count). The molecule has 0 fully saturated rings. The second kappa shape index (κ2) is 5.43. The Bertz CT molecular complexity index is 692. The second-order valence-corrected chi connectivity index (χ2v) is 8.57. The number of nitrogens with zero attached hydrogens (tertiary/aromatic N) is 1. The molecule has 0 aliphatic heterocycles. The number of sulfonamides is 2. The number of rotatable bonds is 5. The minimum Gasteiger partial charge on any atom is -0.361 e. The molecule has 1 aromatic heterocycles. The maximum Gasteiger partial charge on any atom is 0.209 e. The van der Waals surface area contributed by atoms with Gasteiger partial charge in [0.15, 0.2) is 0 Å². The van der Waals surface area contributed by atoms with E-state index in [1.165, 1.54) is 0 Å². The van der Waals surface area contributed by atoms with E-state index >= 15 is 0 Å². The Morgan fingerprint density at radius 1 is 1.25 bits per heavy atom. The van der Waals surface area contributed by atoms with Crippen molar-refractivity contribution < 1.29 is 21.4 Å². The molecule has 1 aromatic rings. The lowest BCUT2D eigenvalue weighted by Crippen LogP contribution is -2.38. The van der Waals surface area contributed by atoms with Gasteiger partial charge in [0.05, 0.1) is 19.1 Å². The van der Waals surface area contributed by atoms with Crippen LogP contribution in [0.15, 0.2) is 4.52 Å². The van der Waals surface area contributed by atoms with Crippen molar-refractivity contribution in [3.8, 4) is 0 Å². The molecule has 1 aliphatic carbocycles. The molecule has 20 heavy (non-hydrogen) atoms. The molecule has 1 aliphatic rings. The molecule has 1 unspecified atom stereocenters. The molecule has 0 radical (unpaired) electrons. The number of aromatic nitrogens is 1. The van der Waals surface area contributed by atoms with Crippen LogP contribution in [0.4, 0.5) is 0 Å². The quantitative estimate of drug-likeness (QED) is 0.727. The van der Waals surface area contributed by atoms with E-state index in [0.717, 1.165) is 18.1 Å². The first-order valence-corrected chi connectivity index (χ1v) is 9.80. The van der Waals surface area contributed by atoms with Crippen LogP contribution < -0.4 is 9.44 Å². The van der Waals surface area contributed by atoms with Gasteiger partial charge in [-0.05, 0) is 12.8 Å². The van der Waals surface area contributed by atoms with Crippen LogP contribution in [0, 0.1) is 0 Å². The van der Waals surface area contributed by atoms with Gasteiger partial charge in [0.2, 0.25) is 20.0 Å². The highest BCUT2D eigenvalue weighted by atomic mass is 32.2. The van der Waals surface area contributed by atoms with Gasteiger partial charge in [0, 0.05) is 18.0 Å². The molecule has 0 saturated heterocycles. The third-order valence-corrected chi connectivity index (χ3v) is 4.43. The van der Waals surface area contributed by atoms with Crippen LogP contribution in [0.25, 0.3) is 0 Å². The van der Waals surface area contributed by atoms with Gasteiger partial charge in [-0.15, -0.1) is 0 Å². The lowest BCUT2D eigenvalue weighted by atomic mass is 9.93. The molecule has 2 N–H and O–H groups in total. The third-order valence-electron chi connectivity index (χ3n) is 3.00. The molecule has 0 spiro atoms. The molecular formula is C10H17N3O5S2. The van der Waals surface area contributed by atoms with Gasteiger partial charge in [-0.1, -0.05) is 5.16 Å². The molecule has 114 valence electrons. The first-order valence-electron chi connectivity index (χ1n) is 6.02. The van der Waals surface area contributed by atoms with Crippen LogP contribution in [0.5, 0.6) is 0 Å². The maximum absolute atomic E-state index is 11.3. The van der Waals surface area contributed by atoms with Gasteiger partial charge in [-0.2, -0.15) is 0 Å². The fourth-order valence-corrected chi connectivity index (χ4v) is 3.41.